The molecule has 0 heterocycles. The van der Waals surface area contributed by atoms with Gasteiger partial charge in [0.25, 0.3) is 0 Å². The van der Waals surface area contributed by atoms with E-state index in [2.05, 4.69) is 53.1 Å². The Kier molecular flexibility index (Phi) is 6.04. The van der Waals surface area contributed by atoms with Crippen molar-refractivity contribution in [3.8, 4) is 0 Å². The molecule has 1 aromatic rings. The van der Waals surface area contributed by atoms with Crippen molar-refractivity contribution in [3.05, 3.63) is 25.6 Å². The second-order valence-corrected chi connectivity index (χ2v) is 8.09. The third-order valence-corrected chi connectivity index (χ3v) is 4.50. The minimum Gasteiger partial charge on any atom is -0.327 e. The maximum atomic E-state index is 12.0. The number of rotatable bonds is 3. The van der Waals surface area contributed by atoms with E-state index in [0.29, 0.717) is 12.1 Å². The molecular weight excluding hydrogens is 440 g/mol. The van der Waals surface area contributed by atoms with E-state index >= 15 is 0 Å². The number of nitrogens with two attached hydrogens (primary N) is 1. The topological polar surface area (TPSA) is 55.1 Å². The van der Waals surface area contributed by atoms with Crippen molar-refractivity contribution < 1.29 is 4.79 Å². The highest BCUT2D eigenvalue weighted by Gasteiger charge is 2.23. The van der Waals surface area contributed by atoms with Crippen LogP contribution in [0.2, 0.25) is 0 Å². The molecule has 1 rings (SSSR count). The number of hydrogen-bond acceptors (Lipinski definition) is 2. The van der Waals surface area contributed by atoms with Crippen molar-refractivity contribution >= 4 is 59.4 Å². The lowest BCUT2D eigenvalue weighted by molar-refractivity contribution is -0.117. The average molecular weight is 457 g/mol. The van der Waals surface area contributed by atoms with Crippen LogP contribution in [-0.4, -0.2) is 11.9 Å². The largest absolute Gasteiger partial charge is 0.327 e. The van der Waals surface area contributed by atoms with Crippen molar-refractivity contribution in [1.29, 1.82) is 0 Å². The van der Waals surface area contributed by atoms with Crippen LogP contribution in [-0.2, 0) is 4.79 Å². The first-order chi connectivity index (χ1) is 8.61. The van der Waals surface area contributed by atoms with Crippen LogP contribution < -0.4 is 11.1 Å². The number of hydrogen-bond donors (Lipinski definition) is 2. The van der Waals surface area contributed by atoms with Crippen molar-refractivity contribution in [2.45, 2.75) is 33.2 Å². The maximum absolute atomic E-state index is 12.0. The molecule has 0 aliphatic carbocycles. The molecule has 0 radical (unpaired) electrons. The molecule has 0 aliphatic rings. The van der Waals surface area contributed by atoms with Gasteiger partial charge in [-0.2, -0.15) is 0 Å². The minimum atomic E-state index is -0.180. The molecule has 1 aromatic carbocycles. The number of anilines is 1. The zero-order valence-electron chi connectivity index (χ0n) is 11.1. The van der Waals surface area contributed by atoms with Gasteiger partial charge in [-0.25, -0.2) is 0 Å². The molecule has 3 N–H and O–H groups in total. The van der Waals surface area contributed by atoms with Gasteiger partial charge in [0.15, 0.2) is 0 Å². The number of amides is 1. The summed E-state index contributed by atoms with van der Waals surface area (Å²) >= 11 is 10.2. The Bertz CT molecular complexity index is 460. The summed E-state index contributed by atoms with van der Waals surface area (Å²) in [6.07, 6.45) is 0.290. The Morgan fingerprint density at radius 1 is 1.26 bits per heavy atom. The molecule has 19 heavy (non-hydrogen) atoms. The maximum Gasteiger partial charge on any atom is 0.226 e. The van der Waals surface area contributed by atoms with Gasteiger partial charge in [0.05, 0.1) is 5.69 Å². The molecular formula is C13H17Br3N2O. The molecule has 0 aromatic heterocycles. The summed E-state index contributed by atoms with van der Waals surface area (Å²) in [6, 6.07) is 3.58. The Morgan fingerprint density at radius 2 is 1.74 bits per heavy atom. The van der Waals surface area contributed by atoms with Crippen molar-refractivity contribution in [3.63, 3.8) is 0 Å². The van der Waals surface area contributed by atoms with Gasteiger partial charge in [-0.05, 0) is 49.4 Å². The van der Waals surface area contributed by atoms with E-state index in [-0.39, 0.29) is 17.4 Å². The standard InChI is InChI=1S/C13H17Br3N2O/c1-13(2,3)10(17)6-11(19)18-12-8(15)4-7(14)5-9(12)16/h4-5,10H,6,17H2,1-3H3,(H,18,19). The van der Waals surface area contributed by atoms with Gasteiger partial charge >= 0.3 is 0 Å². The van der Waals surface area contributed by atoms with Crippen molar-refractivity contribution in [2.75, 3.05) is 5.32 Å². The first-order valence-corrected chi connectivity index (χ1v) is 8.19. The first kappa shape index (κ1) is 17.1. The van der Waals surface area contributed by atoms with Crippen LogP contribution in [0.4, 0.5) is 5.69 Å². The van der Waals surface area contributed by atoms with Crippen LogP contribution in [0, 0.1) is 5.41 Å². The first-order valence-electron chi connectivity index (χ1n) is 5.81. The van der Waals surface area contributed by atoms with Crippen LogP contribution in [0.15, 0.2) is 25.6 Å². The molecule has 0 spiro atoms. The molecule has 0 bridgehead atoms. The molecule has 0 fully saturated rings. The highest BCUT2D eigenvalue weighted by molar-refractivity contribution is 9.11. The van der Waals surface area contributed by atoms with E-state index in [1.165, 1.54) is 0 Å². The lowest BCUT2D eigenvalue weighted by Gasteiger charge is -2.26. The molecule has 0 aliphatic heterocycles. The van der Waals surface area contributed by atoms with Gasteiger partial charge in [0, 0.05) is 25.9 Å². The summed E-state index contributed by atoms with van der Waals surface area (Å²) < 4.78 is 2.55. The van der Waals surface area contributed by atoms with Gasteiger partial charge in [-0.3, -0.25) is 4.79 Å². The summed E-state index contributed by atoms with van der Waals surface area (Å²) in [6.45, 7) is 6.07. The van der Waals surface area contributed by atoms with Gasteiger partial charge in [-0.15, -0.1) is 0 Å². The lowest BCUT2D eigenvalue weighted by Crippen LogP contribution is -2.38. The number of benzene rings is 1. The zero-order chi connectivity index (χ0) is 14.8. The second-order valence-electron chi connectivity index (χ2n) is 5.47. The minimum absolute atomic E-state index is 0.0915. The normalized spacial score (nSPS) is 13.2. The fraction of sp³-hybridized carbons (Fsp3) is 0.462. The summed E-state index contributed by atoms with van der Waals surface area (Å²) in [5.41, 5.74) is 6.64. The van der Waals surface area contributed by atoms with Gasteiger partial charge in [0.2, 0.25) is 5.91 Å². The Morgan fingerprint density at radius 3 is 2.16 bits per heavy atom. The quantitative estimate of drug-likeness (QED) is 0.694. The van der Waals surface area contributed by atoms with Crippen LogP contribution in [0.25, 0.3) is 0 Å². The van der Waals surface area contributed by atoms with E-state index in [0.717, 1.165) is 13.4 Å². The highest BCUT2D eigenvalue weighted by Crippen LogP contribution is 2.34. The molecule has 3 nitrogen and oxygen atoms in total. The van der Waals surface area contributed by atoms with Gasteiger partial charge in [0.1, 0.15) is 0 Å². The zero-order valence-corrected chi connectivity index (χ0v) is 15.8. The van der Waals surface area contributed by atoms with E-state index in [1.807, 2.05) is 32.9 Å². The monoisotopic (exact) mass is 454 g/mol. The van der Waals surface area contributed by atoms with E-state index in [4.69, 9.17) is 5.73 Å². The Labute approximate surface area is 139 Å². The molecule has 1 amide bonds. The van der Waals surface area contributed by atoms with Gasteiger partial charge in [-0.1, -0.05) is 36.7 Å². The number of halogens is 3. The molecule has 6 heteroatoms. The van der Waals surface area contributed by atoms with Gasteiger partial charge < -0.3 is 11.1 Å². The summed E-state index contributed by atoms with van der Waals surface area (Å²) in [5, 5.41) is 2.88. The van der Waals surface area contributed by atoms with Crippen molar-refractivity contribution in [1.82, 2.24) is 0 Å². The predicted octanol–water partition coefficient (Wildman–Crippen LogP) is 4.68. The SMILES string of the molecule is CC(C)(C)C(N)CC(=O)Nc1c(Br)cc(Br)cc1Br. The average Bonchev–Trinajstić information content (AvgIpc) is 2.21. The second kappa shape index (κ2) is 6.70. The van der Waals surface area contributed by atoms with Crippen LogP contribution in [0.3, 0.4) is 0 Å². The van der Waals surface area contributed by atoms with Crippen LogP contribution >= 0.6 is 47.8 Å². The van der Waals surface area contributed by atoms with Crippen molar-refractivity contribution in [2.24, 2.45) is 11.1 Å². The number of carbonyl (C=O) groups is 1. The summed E-state index contributed by atoms with van der Waals surface area (Å²) in [7, 11) is 0. The lowest BCUT2D eigenvalue weighted by atomic mass is 9.85. The molecule has 0 saturated carbocycles. The van der Waals surface area contributed by atoms with Crippen LogP contribution in [0.5, 0.6) is 0 Å². The fourth-order valence-electron chi connectivity index (χ4n) is 1.36. The van der Waals surface area contributed by atoms with Crippen LogP contribution in [0.1, 0.15) is 27.2 Å². The molecule has 0 saturated heterocycles. The molecule has 106 valence electrons. The number of carbonyl (C=O) groups excluding carboxylic acids is 1. The summed E-state index contributed by atoms with van der Waals surface area (Å²) in [5.74, 6) is -0.0915. The highest BCUT2D eigenvalue weighted by atomic mass is 79.9. The fourth-order valence-corrected chi connectivity index (χ4v) is 3.81. The van der Waals surface area contributed by atoms with E-state index < -0.39 is 0 Å². The Balaban J connectivity index is 2.79. The Hall–Kier alpha value is 0.0900. The smallest absolute Gasteiger partial charge is 0.226 e. The third-order valence-electron chi connectivity index (χ3n) is 2.79. The third kappa shape index (κ3) is 5.17. The predicted molar refractivity (Wildman–Crippen MR) is 90.2 cm³/mol. The molecule has 1 atom stereocenters. The summed E-state index contributed by atoms with van der Waals surface area (Å²) in [4.78, 5) is 12.0. The molecule has 1 unspecified atom stereocenters. The number of nitrogens with one attached hydrogen (secondary N) is 1. The van der Waals surface area contributed by atoms with E-state index in [1.54, 1.807) is 0 Å². The van der Waals surface area contributed by atoms with E-state index in [9.17, 15) is 4.79 Å².